The van der Waals surface area contributed by atoms with Crippen molar-refractivity contribution < 1.29 is 19.0 Å². The van der Waals surface area contributed by atoms with E-state index in [4.69, 9.17) is 19.2 Å². The summed E-state index contributed by atoms with van der Waals surface area (Å²) in [5, 5.41) is 3.09. The number of nitrogens with zero attached hydrogens (tertiary/aromatic N) is 2. The predicted molar refractivity (Wildman–Crippen MR) is 133 cm³/mol. The highest BCUT2D eigenvalue weighted by atomic mass is 16.5. The van der Waals surface area contributed by atoms with E-state index in [-0.39, 0.29) is 18.1 Å². The van der Waals surface area contributed by atoms with Crippen molar-refractivity contribution in [3.05, 3.63) is 59.9 Å². The van der Waals surface area contributed by atoms with Crippen LogP contribution in [0.2, 0.25) is 0 Å². The lowest BCUT2D eigenvalue weighted by Gasteiger charge is -2.18. The number of hydrogen-bond donors (Lipinski definition) is 1. The molecule has 34 heavy (non-hydrogen) atoms. The Morgan fingerprint density at radius 1 is 1.29 bits per heavy atom. The molecule has 180 valence electrons. The summed E-state index contributed by atoms with van der Waals surface area (Å²) >= 11 is 0. The van der Waals surface area contributed by atoms with Gasteiger partial charge in [0.05, 0.1) is 30.8 Å². The first-order valence-electron chi connectivity index (χ1n) is 11.9. The third-order valence-corrected chi connectivity index (χ3v) is 5.98. The number of nitrogens with one attached hydrogen (secondary N) is 1. The Balaban J connectivity index is 1.44. The first-order valence-corrected chi connectivity index (χ1v) is 11.9. The van der Waals surface area contributed by atoms with E-state index >= 15 is 0 Å². The van der Waals surface area contributed by atoms with Gasteiger partial charge in [-0.25, -0.2) is 4.98 Å². The van der Waals surface area contributed by atoms with E-state index in [1.165, 1.54) is 0 Å². The van der Waals surface area contributed by atoms with E-state index in [0.717, 1.165) is 59.7 Å². The first-order chi connectivity index (χ1) is 16.6. The second kappa shape index (κ2) is 11.2. The minimum Gasteiger partial charge on any atom is -0.493 e. The normalized spacial score (nSPS) is 16.7. The summed E-state index contributed by atoms with van der Waals surface area (Å²) in [6, 6.07) is 13.7. The van der Waals surface area contributed by atoms with Crippen LogP contribution in [0.5, 0.6) is 11.5 Å². The molecule has 1 aromatic heterocycles. The summed E-state index contributed by atoms with van der Waals surface area (Å²) < 4.78 is 19.2. The second-order valence-electron chi connectivity index (χ2n) is 8.45. The molecule has 7 heteroatoms. The van der Waals surface area contributed by atoms with Crippen molar-refractivity contribution in [3.8, 4) is 11.5 Å². The highest BCUT2D eigenvalue weighted by molar-refractivity contribution is 5.81. The van der Waals surface area contributed by atoms with Crippen molar-refractivity contribution in [1.82, 2.24) is 14.9 Å². The van der Waals surface area contributed by atoms with Crippen molar-refractivity contribution >= 4 is 23.0 Å². The summed E-state index contributed by atoms with van der Waals surface area (Å²) in [4.78, 5) is 17.4. The predicted octanol–water partition coefficient (Wildman–Crippen LogP) is 4.90. The number of allylic oxidation sites excluding steroid dienone is 1. The van der Waals surface area contributed by atoms with E-state index in [1.54, 1.807) is 7.11 Å². The summed E-state index contributed by atoms with van der Waals surface area (Å²) in [5.41, 5.74) is 3.03. The van der Waals surface area contributed by atoms with Gasteiger partial charge in [-0.1, -0.05) is 30.4 Å². The van der Waals surface area contributed by atoms with Crippen LogP contribution in [0.15, 0.2) is 48.5 Å². The Kier molecular flexibility index (Phi) is 7.85. The molecule has 1 saturated heterocycles. The number of aryl methyl sites for hydroxylation is 1. The van der Waals surface area contributed by atoms with Crippen molar-refractivity contribution in [2.45, 2.75) is 51.8 Å². The fraction of sp³-hybridized carbons (Fsp3) is 0.407. The molecule has 2 heterocycles. The van der Waals surface area contributed by atoms with Gasteiger partial charge >= 0.3 is 0 Å². The Labute approximate surface area is 200 Å². The first kappa shape index (κ1) is 23.8. The maximum Gasteiger partial charge on any atom is 0.249 e. The maximum atomic E-state index is 12.6. The number of carbonyl (C=O) groups is 1. The average molecular weight is 464 g/mol. The number of fused-ring (bicyclic) bond motifs is 1. The third-order valence-electron chi connectivity index (χ3n) is 5.98. The van der Waals surface area contributed by atoms with Gasteiger partial charge in [-0.2, -0.15) is 0 Å². The molecule has 2 aromatic carbocycles. The van der Waals surface area contributed by atoms with Crippen LogP contribution in [-0.2, 0) is 16.1 Å². The summed E-state index contributed by atoms with van der Waals surface area (Å²) in [6.07, 6.45) is 6.13. The van der Waals surface area contributed by atoms with Gasteiger partial charge in [0.2, 0.25) is 5.91 Å². The molecule has 1 fully saturated rings. The number of carbonyl (C=O) groups excluding carboxylic acids is 1. The molecular formula is C27H33N3O4. The molecule has 1 amide bonds. The lowest BCUT2D eigenvalue weighted by Crippen LogP contribution is -2.36. The number of para-hydroxylation sites is 2. The van der Waals surface area contributed by atoms with E-state index in [2.05, 4.69) is 16.0 Å². The van der Waals surface area contributed by atoms with Crippen LogP contribution in [0, 0.1) is 0 Å². The number of amides is 1. The lowest BCUT2D eigenvalue weighted by atomic mass is 10.2. The van der Waals surface area contributed by atoms with Crippen molar-refractivity contribution in [1.29, 1.82) is 0 Å². The van der Waals surface area contributed by atoms with Crippen LogP contribution in [-0.4, -0.2) is 41.9 Å². The molecular weight excluding hydrogens is 430 g/mol. The quantitative estimate of drug-likeness (QED) is 0.433. The van der Waals surface area contributed by atoms with Crippen molar-refractivity contribution in [3.63, 3.8) is 0 Å². The lowest BCUT2D eigenvalue weighted by molar-refractivity contribution is -0.130. The van der Waals surface area contributed by atoms with Gasteiger partial charge in [0.15, 0.2) is 11.5 Å². The highest BCUT2D eigenvalue weighted by Crippen LogP contribution is 2.29. The van der Waals surface area contributed by atoms with Crippen LogP contribution < -0.4 is 14.8 Å². The van der Waals surface area contributed by atoms with Gasteiger partial charge in [0, 0.05) is 13.2 Å². The van der Waals surface area contributed by atoms with Crippen LogP contribution in [0.25, 0.3) is 17.1 Å². The molecule has 7 nitrogen and oxygen atoms in total. The standard InChI is InChI=1S/C27H33N3O4/c1-4-9-20-13-14-23(25(18-20)32-3)33-17-8-15-30-22-11-6-5-10-21(22)29-26(30)19(2)28-27(31)24-12-7-16-34-24/h4-6,9-11,13-14,18-19,24H,7-8,12,15-17H2,1-3H3,(H,28,31)/b9-4+. The second-order valence-corrected chi connectivity index (χ2v) is 8.45. The zero-order chi connectivity index (χ0) is 23.9. The molecule has 1 N–H and O–H groups in total. The molecule has 0 radical (unpaired) electrons. The third kappa shape index (κ3) is 5.42. The Hall–Kier alpha value is -3.32. The van der Waals surface area contributed by atoms with Gasteiger partial charge in [-0.3, -0.25) is 4.79 Å². The van der Waals surface area contributed by atoms with Crippen LogP contribution in [0.1, 0.15) is 50.5 Å². The molecule has 1 aliphatic heterocycles. The largest absolute Gasteiger partial charge is 0.493 e. The van der Waals surface area contributed by atoms with Gasteiger partial charge in [-0.05, 0) is 62.9 Å². The monoisotopic (exact) mass is 463 g/mol. The smallest absolute Gasteiger partial charge is 0.249 e. The molecule has 3 aromatic rings. The van der Waals surface area contributed by atoms with Gasteiger partial charge in [-0.15, -0.1) is 0 Å². The Morgan fingerprint density at radius 2 is 2.15 bits per heavy atom. The zero-order valence-electron chi connectivity index (χ0n) is 20.1. The minimum absolute atomic E-state index is 0.0691. The maximum absolute atomic E-state index is 12.6. The average Bonchev–Trinajstić information content (AvgIpc) is 3.51. The van der Waals surface area contributed by atoms with E-state index in [9.17, 15) is 4.79 Å². The molecule has 2 unspecified atom stereocenters. The van der Waals surface area contributed by atoms with Crippen LogP contribution in [0.3, 0.4) is 0 Å². The number of aromatic nitrogens is 2. The summed E-state index contributed by atoms with van der Waals surface area (Å²) in [6.45, 7) is 5.85. The zero-order valence-corrected chi connectivity index (χ0v) is 20.1. The molecule has 4 rings (SSSR count). The molecule has 2 atom stereocenters. The van der Waals surface area contributed by atoms with Crippen LogP contribution >= 0.6 is 0 Å². The van der Waals surface area contributed by atoms with Crippen LogP contribution in [0.4, 0.5) is 0 Å². The molecule has 0 spiro atoms. The Bertz CT molecular complexity index is 1150. The molecule has 0 bridgehead atoms. The number of hydrogen-bond acceptors (Lipinski definition) is 5. The molecule has 0 aliphatic carbocycles. The number of methoxy groups -OCH3 is 1. The van der Waals surface area contributed by atoms with Crippen molar-refractivity contribution in [2.24, 2.45) is 0 Å². The van der Waals surface area contributed by atoms with Gasteiger partial charge < -0.3 is 24.1 Å². The molecule has 1 aliphatic rings. The minimum atomic E-state index is -0.358. The van der Waals surface area contributed by atoms with Crippen molar-refractivity contribution in [2.75, 3.05) is 20.3 Å². The van der Waals surface area contributed by atoms with E-state index in [1.807, 2.05) is 62.4 Å². The topological polar surface area (TPSA) is 74.6 Å². The number of imidazole rings is 1. The van der Waals surface area contributed by atoms with Gasteiger partial charge in [0.25, 0.3) is 0 Å². The van der Waals surface area contributed by atoms with E-state index in [0.29, 0.717) is 13.2 Å². The SMILES string of the molecule is C/C=C/c1ccc(OCCCn2c(C(C)NC(=O)C3CCCO3)nc3ccccc32)c(OC)c1. The highest BCUT2D eigenvalue weighted by Gasteiger charge is 2.26. The summed E-state index contributed by atoms with van der Waals surface area (Å²) in [5.74, 6) is 2.21. The summed E-state index contributed by atoms with van der Waals surface area (Å²) in [7, 11) is 1.65. The fourth-order valence-electron chi connectivity index (χ4n) is 4.32. The Morgan fingerprint density at radius 3 is 2.91 bits per heavy atom. The number of rotatable bonds is 10. The number of benzene rings is 2. The van der Waals surface area contributed by atoms with Gasteiger partial charge in [0.1, 0.15) is 11.9 Å². The number of ether oxygens (including phenoxy) is 3. The fourth-order valence-corrected chi connectivity index (χ4v) is 4.32. The van der Waals surface area contributed by atoms with E-state index < -0.39 is 0 Å². The molecule has 0 saturated carbocycles.